The second-order valence-electron chi connectivity index (χ2n) is 6.74. The Labute approximate surface area is 153 Å². The van der Waals surface area contributed by atoms with Crippen molar-refractivity contribution < 1.29 is 13.2 Å². The summed E-state index contributed by atoms with van der Waals surface area (Å²) in [4.78, 5) is 33.3. The van der Waals surface area contributed by atoms with E-state index in [0.29, 0.717) is 25.0 Å². The van der Waals surface area contributed by atoms with Gasteiger partial charge >= 0.3 is 6.18 Å². The van der Waals surface area contributed by atoms with Crippen LogP contribution in [0.25, 0.3) is 0 Å². The third-order valence-electron chi connectivity index (χ3n) is 4.86. The number of halogens is 3. The van der Waals surface area contributed by atoms with E-state index >= 15 is 0 Å². The van der Waals surface area contributed by atoms with Crippen molar-refractivity contribution >= 4 is 0 Å². The lowest BCUT2D eigenvalue weighted by molar-refractivity contribution is -0.141. The Kier molecular flexibility index (Phi) is 5.45. The molecule has 0 N–H and O–H groups in total. The first-order valence-corrected chi connectivity index (χ1v) is 8.61. The average molecular weight is 383 g/mol. The number of hydrogen-bond acceptors (Lipinski definition) is 5. The second-order valence-corrected chi connectivity index (χ2v) is 6.74. The van der Waals surface area contributed by atoms with Crippen LogP contribution in [0, 0.1) is 5.92 Å². The first-order chi connectivity index (χ1) is 12.7. The highest BCUT2D eigenvalue weighted by Gasteiger charge is 2.33. The van der Waals surface area contributed by atoms with E-state index in [4.69, 9.17) is 0 Å². The normalized spacial score (nSPS) is 16.6. The molecule has 0 spiro atoms. The number of hydrogen-bond donors (Lipinski definition) is 0. The largest absolute Gasteiger partial charge is 0.433 e. The Hall–Kier alpha value is -2.49. The van der Waals surface area contributed by atoms with Gasteiger partial charge in [0.1, 0.15) is 5.82 Å². The van der Waals surface area contributed by atoms with Gasteiger partial charge in [0.05, 0.1) is 12.9 Å². The fourth-order valence-corrected chi connectivity index (χ4v) is 3.18. The second kappa shape index (κ2) is 7.63. The summed E-state index contributed by atoms with van der Waals surface area (Å²) in [7, 11) is 1.68. The zero-order chi connectivity index (χ0) is 19.6. The van der Waals surface area contributed by atoms with Gasteiger partial charge in [0.25, 0.3) is 11.1 Å². The zero-order valence-electron chi connectivity index (χ0n) is 14.8. The Morgan fingerprint density at radius 3 is 2.48 bits per heavy atom. The topological polar surface area (TPSA) is 73.0 Å². The predicted octanol–water partition coefficient (Wildman–Crippen LogP) is 1.27. The van der Waals surface area contributed by atoms with E-state index in [1.165, 1.54) is 21.4 Å². The molecule has 0 aliphatic carbocycles. The van der Waals surface area contributed by atoms with Gasteiger partial charge in [-0.1, -0.05) is 0 Å². The summed E-state index contributed by atoms with van der Waals surface area (Å²) >= 11 is 0. The van der Waals surface area contributed by atoms with Crippen molar-refractivity contribution in [1.29, 1.82) is 0 Å². The molecule has 10 heteroatoms. The summed E-state index contributed by atoms with van der Waals surface area (Å²) in [5, 5.41) is 0. The number of alkyl halides is 3. The molecule has 0 bridgehead atoms. The zero-order valence-corrected chi connectivity index (χ0v) is 14.8. The highest BCUT2D eigenvalue weighted by atomic mass is 19.4. The van der Waals surface area contributed by atoms with Crippen molar-refractivity contribution in [3.63, 3.8) is 0 Å². The summed E-state index contributed by atoms with van der Waals surface area (Å²) in [5.41, 5.74) is -1.97. The first kappa shape index (κ1) is 19.3. The molecule has 0 aromatic carbocycles. The third-order valence-corrected chi connectivity index (χ3v) is 4.86. The minimum atomic E-state index is -4.62. The fourth-order valence-electron chi connectivity index (χ4n) is 3.18. The quantitative estimate of drug-likeness (QED) is 0.795. The van der Waals surface area contributed by atoms with Crippen molar-refractivity contribution in [2.45, 2.75) is 32.1 Å². The summed E-state index contributed by atoms with van der Waals surface area (Å²) in [6.07, 6.45) is -0.548. The molecule has 2 aromatic rings. The number of likely N-dealkylation sites (tertiary alicyclic amines) is 1. The Morgan fingerprint density at radius 1 is 1.15 bits per heavy atom. The minimum Gasteiger partial charge on any atom is -0.299 e. The first-order valence-electron chi connectivity index (χ1n) is 8.61. The van der Waals surface area contributed by atoms with E-state index in [9.17, 15) is 22.8 Å². The van der Waals surface area contributed by atoms with Crippen molar-refractivity contribution in [1.82, 2.24) is 24.0 Å². The van der Waals surface area contributed by atoms with Gasteiger partial charge in [-0.2, -0.15) is 13.2 Å². The van der Waals surface area contributed by atoms with Gasteiger partial charge in [0.15, 0.2) is 5.69 Å². The van der Waals surface area contributed by atoms with E-state index in [1.807, 2.05) is 0 Å². The highest BCUT2D eigenvalue weighted by Crippen LogP contribution is 2.26. The van der Waals surface area contributed by atoms with E-state index in [-0.39, 0.29) is 11.5 Å². The number of piperidine rings is 1. The molecular weight excluding hydrogens is 363 g/mol. The standard InChI is InChI=1S/C17H20F3N5O2/c1-23-14(21-5-2-15(23)26)10-24-6-3-12(4-7-24)9-25-11-22-13(8-16(25)27)17(18,19)20/h2,5,8,11-12H,3-4,6-7,9-10H2,1H3. The van der Waals surface area contributed by atoms with Crippen LogP contribution in [0.3, 0.4) is 0 Å². The molecule has 7 nitrogen and oxygen atoms in total. The highest BCUT2D eigenvalue weighted by molar-refractivity contribution is 5.03. The Bertz CT molecular complexity index is 914. The molecule has 3 heterocycles. The molecule has 27 heavy (non-hydrogen) atoms. The molecule has 2 aromatic heterocycles. The SMILES string of the molecule is Cn1c(CN2CCC(Cn3cnc(C(F)(F)F)cc3=O)CC2)nccc1=O. The lowest BCUT2D eigenvalue weighted by Crippen LogP contribution is -2.37. The molecule has 1 saturated heterocycles. The molecule has 0 unspecified atom stereocenters. The van der Waals surface area contributed by atoms with Gasteiger partial charge in [0.2, 0.25) is 0 Å². The van der Waals surface area contributed by atoms with Crippen LogP contribution in [0.5, 0.6) is 0 Å². The lowest BCUT2D eigenvalue weighted by atomic mass is 9.96. The summed E-state index contributed by atoms with van der Waals surface area (Å²) in [5.74, 6) is 0.870. The molecule has 3 rings (SSSR count). The maximum Gasteiger partial charge on any atom is 0.433 e. The minimum absolute atomic E-state index is 0.107. The molecule has 0 amide bonds. The van der Waals surface area contributed by atoms with E-state index in [0.717, 1.165) is 32.3 Å². The number of nitrogens with zero attached hydrogens (tertiary/aromatic N) is 5. The number of rotatable bonds is 4. The van der Waals surface area contributed by atoms with E-state index < -0.39 is 17.4 Å². The maximum absolute atomic E-state index is 12.6. The van der Waals surface area contributed by atoms with Gasteiger partial charge in [-0.15, -0.1) is 0 Å². The van der Waals surface area contributed by atoms with Gasteiger partial charge in [0, 0.05) is 31.9 Å². The molecule has 0 atom stereocenters. The number of aromatic nitrogens is 4. The van der Waals surface area contributed by atoms with Crippen LogP contribution in [-0.2, 0) is 26.3 Å². The molecular formula is C17H20F3N5O2. The van der Waals surface area contributed by atoms with Gasteiger partial charge < -0.3 is 0 Å². The maximum atomic E-state index is 12.6. The van der Waals surface area contributed by atoms with Crippen LogP contribution in [0.15, 0.2) is 34.2 Å². The Balaban J connectivity index is 1.58. The van der Waals surface area contributed by atoms with Crippen LogP contribution in [0.2, 0.25) is 0 Å². The van der Waals surface area contributed by atoms with Crippen molar-refractivity contribution in [2.75, 3.05) is 13.1 Å². The molecule has 1 aliphatic rings. The average Bonchev–Trinajstić information content (AvgIpc) is 2.61. The summed E-state index contributed by atoms with van der Waals surface area (Å²) in [6, 6.07) is 1.95. The van der Waals surface area contributed by atoms with E-state index in [2.05, 4.69) is 14.9 Å². The van der Waals surface area contributed by atoms with Crippen LogP contribution in [-0.4, -0.2) is 37.1 Å². The van der Waals surface area contributed by atoms with E-state index in [1.54, 1.807) is 7.05 Å². The van der Waals surface area contributed by atoms with Crippen LogP contribution in [0.1, 0.15) is 24.4 Å². The Morgan fingerprint density at radius 2 is 1.85 bits per heavy atom. The predicted molar refractivity (Wildman–Crippen MR) is 91.0 cm³/mol. The lowest BCUT2D eigenvalue weighted by Gasteiger charge is -2.32. The van der Waals surface area contributed by atoms with Gasteiger partial charge in [-0.3, -0.25) is 23.6 Å². The van der Waals surface area contributed by atoms with Gasteiger partial charge in [-0.25, -0.2) is 9.97 Å². The monoisotopic (exact) mass is 383 g/mol. The molecule has 1 aliphatic heterocycles. The third kappa shape index (κ3) is 4.62. The van der Waals surface area contributed by atoms with Crippen LogP contribution in [0.4, 0.5) is 13.2 Å². The van der Waals surface area contributed by atoms with Crippen LogP contribution < -0.4 is 11.1 Å². The summed E-state index contributed by atoms with van der Waals surface area (Å²) in [6.45, 7) is 2.43. The fraction of sp³-hybridized carbons (Fsp3) is 0.529. The van der Waals surface area contributed by atoms with Gasteiger partial charge in [-0.05, 0) is 31.8 Å². The summed E-state index contributed by atoms with van der Waals surface area (Å²) < 4.78 is 40.5. The molecule has 0 saturated carbocycles. The molecule has 146 valence electrons. The van der Waals surface area contributed by atoms with Crippen molar-refractivity contribution in [2.24, 2.45) is 13.0 Å². The smallest absolute Gasteiger partial charge is 0.299 e. The molecule has 0 radical (unpaired) electrons. The molecule has 1 fully saturated rings. The van der Waals surface area contributed by atoms with Crippen LogP contribution >= 0.6 is 0 Å². The van der Waals surface area contributed by atoms with Crippen molar-refractivity contribution in [3.8, 4) is 0 Å². The van der Waals surface area contributed by atoms with Crippen molar-refractivity contribution in [3.05, 3.63) is 56.9 Å².